The predicted molar refractivity (Wildman–Crippen MR) is 84.5 cm³/mol. The lowest BCUT2D eigenvalue weighted by molar-refractivity contribution is -0.433. The molecule has 0 saturated carbocycles. The van der Waals surface area contributed by atoms with Crippen LogP contribution in [-0.4, -0.2) is 24.1 Å². The second-order valence-corrected chi connectivity index (χ2v) is 5.12. The zero-order valence-electron chi connectivity index (χ0n) is 12.4. The van der Waals surface area contributed by atoms with Gasteiger partial charge in [0, 0.05) is 5.56 Å². The SMILES string of the molecule is Cc1ccc(/C=N/[N+](=C/c2ccc(C)cc2)[B-](F)(F)F)cc1. The van der Waals surface area contributed by atoms with E-state index < -0.39 is 7.11 Å². The Labute approximate surface area is 127 Å². The van der Waals surface area contributed by atoms with Crippen molar-refractivity contribution in [2.75, 3.05) is 0 Å². The largest absolute Gasteiger partial charge is 0.835 e. The van der Waals surface area contributed by atoms with Crippen molar-refractivity contribution in [3.63, 3.8) is 0 Å². The van der Waals surface area contributed by atoms with Crippen LogP contribution < -0.4 is 0 Å². The number of halogens is 3. The minimum atomic E-state index is -5.25. The lowest BCUT2D eigenvalue weighted by atomic mass is 10.1. The van der Waals surface area contributed by atoms with Crippen LogP contribution in [0.4, 0.5) is 12.9 Å². The summed E-state index contributed by atoms with van der Waals surface area (Å²) in [5, 5.41) is 3.57. The molecule has 0 heterocycles. The maximum absolute atomic E-state index is 13.1. The minimum absolute atomic E-state index is 0.0739. The third-order valence-electron chi connectivity index (χ3n) is 3.08. The number of benzene rings is 2. The third-order valence-corrected chi connectivity index (χ3v) is 3.08. The standard InChI is InChI=1S/C16H16BF3N2/c1-13-3-7-15(8-4-13)11-21-22(17(18,19)20)12-16-9-5-14(2)6-10-16/h3-12H,1-2H3/b21-11+,22-12+. The first-order valence-electron chi connectivity index (χ1n) is 6.85. The summed E-state index contributed by atoms with van der Waals surface area (Å²) >= 11 is 0. The zero-order valence-corrected chi connectivity index (χ0v) is 12.4. The molecule has 22 heavy (non-hydrogen) atoms. The average Bonchev–Trinajstić information content (AvgIpc) is 2.46. The maximum Gasteiger partial charge on any atom is 0.835 e. The van der Waals surface area contributed by atoms with Gasteiger partial charge in [0.2, 0.25) is 0 Å². The van der Waals surface area contributed by atoms with Gasteiger partial charge >= 0.3 is 7.11 Å². The molecule has 114 valence electrons. The van der Waals surface area contributed by atoms with Gasteiger partial charge in [-0.15, -0.1) is 0 Å². The third kappa shape index (κ3) is 4.58. The molecule has 2 aromatic carbocycles. The Hall–Kier alpha value is -2.37. The first-order chi connectivity index (χ1) is 10.3. The molecule has 0 bridgehead atoms. The van der Waals surface area contributed by atoms with Gasteiger partial charge in [-0.3, -0.25) is 0 Å². The topological polar surface area (TPSA) is 15.4 Å². The summed E-state index contributed by atoms with van der Waals surface area (Å²) in [6, 6.07) is 13.9. The van der Waals surface area contributed by atoms with Crippen molar-refractivity contribution in [1.82, 2.24) is 0 Å². The van der Waals surface area contributed by atoms with Gasteiger partial charge in [-0.05, 0) is 31.5 Å². The number of rotatable bonds is 4. The fourth-order valence-corrected chi connectivity index (χ4v) is 1.78. The van der Waals surface area contributed by atoms with E-state index in [-0.39, 0.29) is 4.60 Å². The van der Waals surface area contributed by atoms with Crippen LogP contribution in [0.15, 0.2) is 53.6 Å². The van der Waals surface area contributed by atoms with Crippen LogP contribution in [0.3, 0.4) is 0 Å². The summed E-state index contributed by atoms with van der Waals surface area (Å²) in [4.78, 5) is 0. The van der Waals surface area contributed by atoms with Gasteiger partial charge in [-0.25, -0.2) is 4.60 Å². The van der Waals surface area contributed by atoms with Gasteiger partial charge in [0.15, 0.2) is 6.21 Å². The van der Waals surface area contributed by atoms with Crippen molar-refractivity contribution in [3.8, 4) is 0 Å². The zero-order chi connectivity index (χ0) is 16.2. The first kappa shape index (κ1) is 16.0. The van der Waals surface area contributed by atoms with E-state index >= 15 is 0 Å². The van der Waals surface area contributed by atoms with Crippen molar-refractivity contribution in [3.05, 3.63) is 70.8 Å². The lowest BCUT2D eigenvalue weighted by Gasteiger charge is -2.07. The van der Waals surface area contributed by atoms with Crippen molar-refractivity contribution in [2.24, 2.45) is 5.10 Å². The molecule has 2 aromatic rings. The number of aryl methyl sites for hydroxylation is 2. The van der Waals surface area contributed by atoms with Crippen LogP contribution in [0.5, 0.6) is 0 Å². The molecular formula is C16H16BF3N2. The van der Waals surface area contributed by atoms with Crippen molar-refractivity contribution < 1.29 is 17.5 Å². The Morgan fingerprint density at radius 3 is 1.73 bits per heavy atom. The molecule has 0 radical (unpaired) electrons. The van der Waals surface area contributed by atoms with Crippen LogP contribution in [0.25, 0.3) is 0 Å². The Morgan fingerprint density at radius 1 is 0.818 bits per heavy atom. The van der Waals surface area contributed by atoms with Crippen LogP contribution in [0.1, 0.15) is 22.3 Å². The number of hydrazone groups is 1. The molecule has 0 saturated heterocycles. The van der Waals surface area contributed by atoms with Gasteiger partial charge in [-0.1, -0.05) is 52.6 Å². The molecule has 2 nitrogen and oxygen atoms in total. The van der Waals surface area contributed by atoms with Crippen molar-refractivity contribution in [2.45, 2.75) is 13.8 Å². The lowest BCUT2D eigenvalue weighted by Crippen LogP contribution is -2.32. The fourth-order valence-electron chi connectivity index (χ4n) is 1.78. The Balaban J connectivity index is 2.30. The van der Waals surface area contributed by atoms with E-state index in [1.165, 1.54) is 6.21 Å². The number of hydrogen-bond acceptors (Lipinski definition) is 1. The van der Waals surface area contributed by atoms with E-state index in [0.29, 0.717) is 11.1 Å². The number of nitrogens with zero attached hydrogens (tertiary/aromatic N) is 2. The van der Waals surface area contributed by atoms with Gasteiger partial charge in [0.05, 0.1) is 6.21 Å². The van der Waals surface area contributed by atoms with E-state index in [9.17, 15) is 12.9 Å². The fraction of sp³-hybridized carbons (Fsp3) is 0.125. The summed E-state index contributed by atoms with van der Waals surface area (Å²) in [5.41, 5.74) is 3.10. The highest BCUT2D eigenvalue weighted by molar-refractivity contribution is 6.49. The normalized spacial score (nSPS) is 12.9. The molecular weight excluding hydrogens is 288 g/mol. The van der Waals surface area contributed by atoms with E-state index in [1.54, 1.807) is 36.4 Å². The quantitative estimate of drug-likeness (QED) is 0.459. The summed E-state index contributed by atoms with van der Waals surface area (Å²) in [6.45, 7) is 3.79. The Kier molecular flexibility index (Phi) is 4.80. The van der Waals surface area contributed by atoms with Gasteiger partial charge in [-0.2, -0.15) is 0 Å². The van der Waals surface area contributed by atoms with E-state index in [2.05, 4.69) is 5.10 Å². The second-order valence-electron chi connectivity index (χ2n) is 5.12. The Morgan fingerprint density at radius 2 is 1.27 bits per heavy atom. The first-order valence-corrected chi connectivity index (χ1v) is 6.85. The highest BCUT2D eigenvalue weighted by Crippen LogP contribution is 2.12. The van der Waals surface area contributed by atoms with Crippen LogP contribution in [0, 0.1) is 13.8 Å². The summed E-state index contributed by atoms with van der Waals surface area (Å²) < 4.78 is 39.4. The van der Waals surface area contributed by atoms with Crippen LogP contribution >= 0.6 is 0 Å². The van der Waals surface area contributed by atoms with E-state index in [4.69, 9.17) is 0 Å². The highest BCUT2D eigenvalue weighted by Gasteiger charge is 2.44. The average molecular weight is 304 g/mol. The van der Waals surface area contributed by atoms with Gasteiger partial charge in [0.1, 0.15) is 0 Å². The molecule has 0 amide bonds. The molecule has 0 atom stereocenters. The summed E-state index contributed by atoms with van der Waals surface area (Å²) in [5.74, 6) is 0. The Bertz CT molecular complexity index is 687. The second kappa shape index (κ2) is 6.60. The molecule has 6 heteroatoms. The van der Waals surface area contributed by atoms with E-state index in [0.717, 1.165) is 17.3 Å². The summed E-state index contributed by atoms with van der Waals surface area (Å²) in [6.07, 6.45) is 2.20. The molecule has 0 spiro atoms. The molecule has 0 unspecified atom stereocenters. The van der Waals surface area contributed by atoms with E-state index in [1.807, 2.05) is 26.0 Å². The summed E-state index contributed by atoms with van der Waals surface area (Å²) in [7, 11) is -5.25. The molecule has 0 aliphatic rings. The molecule has 0 fully saturated rings. The minimum Gasteiger partial charge on any atom is -0.377 e. The highest BCUT2D eigenvalue weighted by atomic mass is 19.4. The predicted octanol–water partition coefficient (Wildman–Crippen LogP) is 4.11. The smallest absolute Gasteiger partial charge is 0.377 e. The molecule has 0 N–H and O–H groups in total. The van der Waals surface area contributed by atoms with Crippen molar-refractivity contribution in [1.29, 1.82) is 0 Å². The maximum atomic E-state index is 13.1. The molecule has 0 aliphatic carbocycles. The van der Waals surface area contributed by atoms with Gasteiger partial charge in [0.25, 0.3) is 0 Å². The van der Waals surface area contributed by atoms with Crippen LogP contribution in [-0.2, 0) is 0 Å². The molecule has 2 rings (SSSR count). The van der Waals surface area contributed by atoms with Crippen molar-refractivity contribution >= 4 is 19.5 Å². The molecule has 0 aliphatic heterocycles. The monoisotopic (exact) mass is 304 g/mol. The van der Waals surface area contributed by atoms with Gasteiger partial charge < -0.3 is 12.9 Å². The number of hydrogen-bond donors (Lipinski definition) is 0. The molecule has 0 aromatic heterocycles. The van der Waals surface area contributed by atoms with Crippen LogP contribution in [0.2, 0.25) is 0 Å².